The molecule has 16 heavy (non-hydrogen) atoms. The van der Waals surface area contributed by atoms with Crippen molar-refractivity contribution in [3.63, 3.8) is 0 Å². The van der Waals surface area contributed by atoms with E-state index in [0.29, 0.717) is 12.8 Å². The van der Waals surface area contributed by atoms with Gasteiger partial charge in [0.15, 0.2) is 5.78 Å². The van der Waals surface area contributed by atoms with Gasteiger partial charge in [0.1, 0.15) is 14.8 Å². The van der Waals surface area contributed by atoms with Crippen molar-refractivity contribution in [3.05, 3.63) is 35.9 Å². The zero-order valence-electron chi connectivity index (χ0n) is 9.40. The van der Waals surface area contributed by atoms with E-state index in [4.69, 9.17) is 10.7 Å². The molecule has 2 nitrogen and oxygen atoms in total. The maximum atomic E-state index is 11.8. The van der Waals surface area contributed by atoms with Crippen molar-refractivity contribution in [2.24, 2.45) is 0 Å². The summed E-state index contributed by atoms with van der Waals surface area (Å²) in [4.78, 5) is 11.8. The quantitative estimate of drug-likeness (QED) is 0.761. The number of hydrogen-bond donors (Lipinski definition) is 0. The third-order valence-corrected chi connectivity index (χ3v) is 4.74. The number of Topliss-reactive ketones (excluding diaryl/α,β-unsaturated/α-hetero) is 1. The fourth-order valence-electron chi connectivity index (χ4n) is 1.29. The average molecular weight is 259 g/mol. The molecule has 0 saturated heterocycles. The molecule has 0 N–H and O–H groups in total. The highest BCUT2D eigenvalue weighted by molar-refractivity contribution is 8.10. The zero-order valence-corrected chi connectivity index (χ0v) is 11.0. The lowest BCUT2D eigenvalue weighted by Gasteiger charge is -2.18. The molecule has 0 amide bonds. The van der Waals surface area contributed by atoms with Crippen LogP contribution in [0.1, 0.15) is 25.8 Å². The molecule has 1 unspecified atom stereocenters. The lowest BCUT2D eigenvalue weighted by molar-refractivity contribution is -0.120. The normalized spacial score (nSPS) is 13.4. The molecule has 0 aromatic heterocycles. The minimum atomic E-state index is -1.64. The first-order valence-corrected chi connectivity index (χ1v) is 7.07. The summed E-state index contributed by atoms with van der Waals surface area (Å²) in [5, 5.41) is 0. The minimum Gasteiger partial charge on any atom is -0.298 e. The first-order valence-electron chi connectivity index (χ1n) is 5.10. The van der Waals surface area contributed by atoms with Crippen molar-refractivity contribution in [2.75, 3.05) is 0 Å². The molecule has 88 valence electrons. The maximum Gasteiger partial charge on any atom is 0.152 e. The van der Waals surface area contributed by atoms with Crippen LogP contribution in [0.2, 0.25) is 0 Å². The number of hydrogen-bond acceptors (Lipinski definition) is 2. The second kappa shape index (κ2) is 5.60. The summed E-state index contributed by atoms with van der Waals surface area (Å²) in [6, 6.07) is 9.74. The first kappa shape index (κ1) is 13.4. The van der Waals surface area contributed by atoms with Gasteiger partial charge in [-0.15, -0.1) is 0 Å². The average Bonchev–Trinajstić information content (AvgIpc) is 2.27. The molecule has 0 saturated carbocycles. The summed E-state index contributed by atoms with van der Waals surface area (Å²) in [6.07, 6.45) is 1.03. The van der Waals surface area contributed by atoms with Crippen LogP contribution < -0.4 is 0 Å². The number of halogens is 1. The molecular formula is C12H15ClO2S. The number of ketones is 1. The lowest BCUT2D eigenvalue weighted by atomic mass is 10.0. The van der Waals surface area contributed by atoms with Gasteiger partial charge in [-0.25, -0.2) is 4.21 Å². The van der Waals surface area contributed by atoms with E-state index in [1.165, 1.54) is 0 Å². The summed E-state index contributed by atoms with van der Waals surface area (Å²) in [5.41, 5.74) is 1.10. The molecule has 0 aliphatic carbocycles. The molecule has 0 aliphatic rings. The van der Waals surface area contributed by atoms with Gasteiger partial charge in [-0.05, 0) is 36.5 Å². The standard InChI is InChI=1S/C12H15ClO2S/c1-12(2,16(13)15)11(14)9-8-10-6-4-3-5-7-10/h3-7H,8-9H2,1-2H3. The monoisotopic (exact) mass is 258 g/mol. The number of carbonyl (C=O) groups excluding carboxylic acids is 1. The molecule has 0 radical (unpaired) electrons. The van der Waals surface area contributed by atoms with Crippen molar-refractivity contribution in [3.8, 4) is 0 Å². The number of benzene rings is 1. The van der Waals surface area contributed by atoms with Crippen LogP contribution in [0.25, 0.3) is 0 Å². The molecule has 0 aliphatic heterocycles. The first-order chi connectivity index (χ1) is 7.44. The summed E-state index contributed by atoms with van der Waals surface area (Å²) < 4.78 is 10.2. The Kier molecular flexibility index (Phi) is 4.69. The molecule has 1 aromatic carbocycles. The molecule has 0 heterocycles. The van der Waals surface area contributed by atoms with E-state index in [1.54, 1.807) is 13.8 Å². The molecule has 1 rings (SSSR count). The van der Waals surface area contributed by atoms with E-state index in [0.717, 1.165) is 5.56 Å². The predicted molar refractivity (Wildman–Crippen MR) is 67.8 cm³/mol. The summed E-state index contributed by atoms with van der Waals surface area (Å²) in [7, 11) is 3.86. The number of rotatable bonds is 5. The van der Waals surface area contributed by atoms with Crippen molar-refractivity contribution >= 4 is 26.5 Å². The van der Waals surface area contributed by atoms with Crippen LogP contribution in [-0.4, -0.2) is 14.7 Å². The highest BCUT2D eigenvalue weighted by Gasteiger charge is 2.32. The van der Waals surface area contributed by atoms with E-state index in [1.807, 2.05) is 30.3 Å². The fraction of sp³-hybridized carbons (Fsp3) is 0.417. The Morgan fingerprint density at radius 3 is 2.38 bits per heavy atom. The Hall–Kier alpha value is -0.670. The molecule has 1 atom stereocenters. The fourth-order valence-corrected chi connectivity index (χ4v) is 1.83. The van der Waals surface area contributed by atoms with Crippen molar-refractivity contribution < 1.29 is 9.00 Å². The van der Waals surface area contributed by atoms with Gasteiger partial charge in [0, 0.05) is 6.42 Å². The third-order valence-electron chi connectivity index (χ3n) is 2.56. The van der Waals surface area contributed by atoms with Crippen molar-refractivity contribution in [2.45, 2.75) is 31.4 Å². The SMILES string of the molecule is CC(C)(C(=O)CCc1ccccc1)S(=O)Cl. The molecule has 0 bridgehead atoms. The van der Waals surface area contributed by atoms with Crippen LogP contribution >= 0.6 is 10.7 Å². The maximum absolute atomic E-state index is 11.8. The second-order valence-electron chi connectivity index (χ2n) is 4.14. The van der Waals surface area contributed by atoms with Gasteiger partial charge >= 0.3 is 0 Å². The number of carbonyl (C=O) groups is 1. The van der Waals surface area contributed by atoms with Crippen LogP contribution in [0.4, 0.5) is 0 Å². The predicted octanol–water partition coefficient (Wildman–Crippen LogP) is 2.87. The van der Waals surface area contributed by atoms with Gasteiger partial charge in [0.05, 0.1) is 0 Å². The van der Waals surface area contributed by atoms with Crippen LogP contribution in [0.15, 0.2) is 30.3 Å². The summed E-state index contributed by atoms with van der Waals surface area (Å²) in [6.45, 7) is 3.23. The summed E-state index contributed by atoms with van der Waals surface area (Å²) in [5.74, 6) is -0.0651. The van der Waals surface area contributed by atoms with Crippen LogP contribution in [0.5, 0.6) is 0 Å². The Balaban J connectivity index is 2.57. The Morgan fingerprint density at radius 1 is 1.31 bits per heavy atom. The molecule has 1 aromatic rings. The highest BCUT2D eigenvalue weighted by atomic mass is 35.7. The lowest BCUT2D eigenvalue weighted by Crippen LogP contribution is -2.34. The Morgan fingerprint density at radius 2 is 1.88 bits per heavy atom. The van der Waals surface area contributed by atoms with Gasteiger partial charge in [0.25, 0.3) is 0 Å². The van der Waals surface area contributed by atoms with Gasteiger partial charge < -0.3 is 0 Å². The van der Waals surface area contributed by atoms with E-state index < -0.39 is 14.8 Å². The van der Waals surface area contributed by atoms with E-state index >= 15 is 0 Å². The van der Waals surface area contributed by atoms with Gasteiger partial charge in [0.2, 0.25) is 0 Å². The van der Waals surface area contributed by atoms with Crippen molar-refractivity contribution in [1.29, 1.82) is 0 Å². The molecule has 4 heteroatoms. The van der Waals surface area contributed by atoms with E-state index in [-0.39, 0.29) is 5.78 Å². The topological polar surface area (TPSA) is 34.1 Å². The molecular weight excluding hydrogens is 244 g/mol. The van der Waals surface area contributed by atoms with E-state index in [9.17, 15) is 9.00 Å². The van der Waals surface area contributed by atoms with Gasteiger partial charge in [-0.2, -0.15) is 0 Å². The van der Waals surface area contributed by atoms with E-state index in [2.05, 4.69) is 0 Å². The highest BCUT2D eigenvalue weighted by Crippen LogP contribution is 2.20. The van der Waals surface area contributed by atoms with Crippen LogP contribution in [0, 0.1) is 0 Å². The second-order valence-corrected chi connectivity index (χ2v) is 6.45. The molecule has 0 fully saturated rings. The Labute approximate surface area is 103 Å². The third kappa shape index (κ3) is 3.42. The zero-order chi connectivity index (χ0) is 12.2. The van der Waals surface area contributed by atoms with Crippen molar-refractivity contribution in [1.82, 2.24) is 0 Å². The van der Waals surface area contributed by atoms with Crippen LogP contribution in [0.3, 0.4) is 0 Å². The summed E-state index contributed by atoms with van der Waals surface area (Å²) >= 11 is 0. The minimum absolute atomic E-state index is 0.0651. The Bertz CT molecular complexity index is 387. The van der Waals surface area contributed by atoms with Gasteiger partial charge in [-0.3, -0.25) is 4.79 Å². The van der Waals surface area contributed by atoms with Crippen LogP contribution in [-0.2, 0) is 21.2 Å². The largest absolute Gasteiger partial charge is 0.298 e. The molecule has 0 spiro atoms. The number of aryl methyl sites for hydroxylation is 1. The smallest absolute Gasteiger partial charge is 0.152 e. The van der Waals surface area contributed by atoms with Gasteiger partial charge in [-0.1, -0.05) is 30.3 Å².